The predicted octanol–water partition coefficient (Wildman–Crippen LogP) is 2.66. The lowest BCUT2D eigenvalue weighted by atomic mass is 10.2. The fourth-order valence-corrected chi connectivity index (χ4v) is 7.35. The van der Waals surface area contributed by atoms with Crippen molar-refractivity contribution in [2.24, 2.45) is 0 Å². The molecule has 1 fully saturated rings. The van der Waals surface area contributed by atoms with Crippen LogP contribution in [0.3, 0.4) is 0 Å². The monoisotopic (exact) mass is 457 g/mol. The lowest BCUT2D eigenvalue weighted by molar-refractivity contribution is 0.102. The van der Waals surface area contributed by atoms with Gasteiger partial charge in [-0.15, -0.1) is 0 Å². The third-order valence-corrected chi connectivity index (χ3v) is 8.89. The lowest BCUT2D eigenvalue weighted by Crippen LogP contribution is -2.22. The average molecular weight is 458 g/mol. The summed E-state index contributed by atoms with van der Waals surface area (Å²) in [7, 11) is -7.02. The molecule has 1 amide bonds. The molecule has 2 aromatic carbocycles. The summed E-state index contributed by atoms with van der Waals surface area (Å²) in [6.45, 7) is 0. The van der Waals surface area contributed by atoms with Gasteiger partial charge in [0.25, 0.3) is 5.91 Å². The number of benzene rings is 2. The number of carbonyl (C=O) groups excluding carboxylic acids is 1. The fraction of sp³-hybridized carbons (Fsp3) is 0.235. The van der Waals surface area contributed by atoms with Crippen molar-refractivity contribution in [2.45, 2.75) is 16.6 Å². The van der Waals surface area contributed by atoms with Crippen LogP contribution in [0, 0.1) is 0 Å². The number of anilines is 1. The third kappa shape index (κ3) is 4.16. The normalized spacial score (nSPS) is 19.2. The highest BCUT2D eigenvalue weighted by molar-refractivity contribution is 9.10. The zero-order chi connectivity index (χ0) is 18.9. The van der Waals surface area contributed by atoms with E-state index in [9.17, 15) is 21.6 Å². The van der Waals surface area contributed by atoms with Crippen LogP contribution >= 0.6 is 15.9 Å². The summed E-state index contributed by atoms with van der Waals surface area (Å²) in [4.78, 5) is 12.3. The zero-order valence-corrected chi connectivity index (χ0v) is 16.8. The molecule has 0 bridgehead atoms. The summed E-state index contributed by atoms with van der Waals surface area (Å²) in [6, 6.07) is 12.6. The van der Waals surface area contributed by atoms with Crippen LogP contribution in [0.4, 0.5) is 5.69 Å². The van der Waals surface area contributed by atoms with E-state index in [1.165, 1.54) is 24.3 Å². The van der Waals surface area contributed by atoms with Gasteiger partial charge in [-0.3, -0.25) is 4.79 Å². The standard InChI is InChI=1S/C17H16BrNO5S2/c18-13-3-5-14(6-4-13)19-17(20)12-1-7-15(8-2-12)26(23,24)16-9-10-25(21,22)11-16/h1-8,16H,9-11H2,(H,19,20)/t16-/m0/s1. The van der Waals surface area contributed by atoms with Gasteiger partial charge in [-0.1, -0.05) is 15.9 Å². The number of hydrogen-bond acceptors (Lipinski definition) is 5. The highest BCUT2D eigenvalue weighted by Crippen LogP contribution is 2.25. The molecule has 1 N–H and O–H groups in total. The van der Waals surface area contributed by atoms with E-state index < -0.39 is 24.9 Å². The third-order valence-electron chi connectivity index (χ3n) is 4.18. The van der Waals surface area contributed by atoms with Gasteiger partial charge in [0.15, 0.2) is 19.7 Å². The number of halogens is 1. The Kier molecular flexibility index (Phi) is 5.23. The summed E-state index contributed by atoms with van der Waals surface area (Å²) in [6.07, 6.45) is 0.108. The Bertz CT molecular complexity index is 1030. The van der Waals surface area contributed by atoms with Crippen LogP contribution in [0.15, 0.2) is 57.9 Å². The first-order valence-electron chi connectivity index (χ1n) is 7.79. The Labute approximate surface area is 160 Å². The van der Waals surface area contributed by atoms with E-state index in [1.54, 1.807) is 24.3 Å². The van der Waals surface area contributed by atoms with Crippen LogP contribution in [0.2, 0.25) is 0 Å². The number of rotatable bonds is 4. The SMILES string of the molecule is O=C(Nc1ccc(Br)cc1)c1ccc(S(=O)(=O)[C@H]2CCS(=O)(=O)C2)cc1. The lowest BCUT2D eigenvalue weighted by Gasteiger charge is -2.11. The first kappa shape index (κ1) is 19.1. The Hall–Kier alpha value is -1.71. The van der Waals surface area contributed by atoms with Gasteiger partial charge >= 0.3 is 0 Å². The van der Waals surface area contributed by atoms with Crippen molar-refractivity contribution in [3.63, 3.8) is 0 Å². The molecular weight excluding hydrogens is 442 g/mol. The molecule has 138 valence electrons. The van der Waals surface area contributed by atoms with Crippen molar-refractivity contribution in [3.05, 3.63) is 58.6 Å². The molecule has 0 saturated carbocycles. The van der Waals surface area contributed by atoms with Gasteiger partial charge in [-0.05, 0) is 55.0 Å². The first-order chi connectivity index (χ1) is 12.2. The van der Waals surface area contributed by atoms with E-state index in [-0.39, 0.29) is 28.7 Å². The smallest absolute Gasteiger partial charge is 0.255 e. The van der Waals surface area contributed by atoms with E-state index in [0.717, 1.165) is 4.47 Å². The molecule has 0 spiro atoms. The molecule has 0 unspecified atom stereocenters. The van der Waals surface area contributed by atoms with E-state index in [4.69, 9.17) is 0 Å². The van der Waals surface area contributed by atoms with Crippen LogP contribution in [0.5, 0.6) is 0 Å². The van der Waals surface area contributed by atoms with Crippen molar-refractivity contribution in [1.29, 1.82) is 0 Å². The predicted molar refractivity (Wildman–Crippen MR) is 103 cm³/mol. The largest absolute Gasteiger partial charge is 0.322 e. The summed E-state index contributed by atoms with van der Waals surface area (Å²) < 4.78 is 49.1. The second kappa shape index (κ2) is 7.13. The molecule has 1 aliphatic rings. The molecule has 1 heterocycles. The van der Waals surface area contributed by atoms with Crippen LogP contribution in [-0.2, 0) is 19.7 Å². The second-order valence-corrected chi connectivity index (χ2v) is 11.4. The van der Waals surface area contributed by atoms with Gasteiger partial charge in [0, 0.05) is 15.7 Å². The van der Waals surface area contributed by atoms with Gasteiger partial charge in [0.05, 0.1) is 21.7 Å². The van der Waals surface area contributed by atoms with Crippen LogP contribution in [-0.4, -0.2) is 39.5 Å². The van der Waals surface area contributed by atoms with Crippen LogP contribution < -0.4 is 5.32 Å². The molecule has 1 aliphatic heterocycles. The maximum atomic E-state index is 12.6. The molecule has 1 saturated heterocycles. The zero-order valence-electron chi connectivity index (χ0n) is 13.6. The highest BCUT2D eigenvalue weighted by atomic mass is 79.9. The Balaban J connectivity index is 1.75. The number of amides is 1. The van der Waals surface area contributed by atoms with Crippen molar-refractivity contribution in [3.8, 4) is 0 Å². The van der Waals surface area contributed by atoms with E-state index in [2.05, 4.69) is 21.2 Å². The number of sulfone groups is 2. The molecule has 26 heavy (non-hydrogen) atoms. The van der Waals surface area contributed by atoms with Gasteiger partial charge in [-0.2, -0.15) is 0 Å². The second-order valence-electron chi connectivity index (χ2n) is 6.06. The van der Waals surface area contributed by atoms with Crippen molar-refractivity contribution < 1.29 is 21.6 Å². The van der Waals surface area contributed by atoms with Gasteiger partial charge < -0.3 is 5.32 Å². The van der Waals surface area contributed by atoms with E-state index >= 15 is 0 Å². The molecule has 3 rings (SSSR count). The molecule has 6 nitrogen and oxygen atoms in total. The summed E-state index contributed by atoms with van der Waals surface area (Å²) in [5, 5.41) is 1.80. The Morgan fingerprint density at radius 2 is 1.65 bits per heavy atom. The van der Waals surface area contributed by atoms with E-state index in [0.29, 0.717) is 11.3 Å². The minimum Gasteiger partial charge on any atom is -0.322 e. The Morgan fingerprint density at radius 3 is 2.19 bits per heavy atom. The van der Waals surface area contributed by atoms with Crippen molar-refractivity contribution in [1.82, 2.24) is 0 Å². The molecule has 9 heteroatoms. The summed E-state index contributed by atoms with van der Waals surface area (Å²) >= 11 is 3.31. The molecular formula is C17H16BrNO5S2. The summed E-state index contributed by atoms with van der Waals surface area (Å²) in [5.74, 6) is -0.814. The highest BCUT2D eigenvalue weighted by Gasteiger charge is 2.37. The Morgan fingerprint density at radius 1 is 1.04 bits per heavy atom. The fourth-order valence-electron chi connectivity index (χ4n) is 2.73. The minimum absolute atomic E-state index is 0.0276. The van der Waals surface area contributed by atoms with Gasteiger partial charge in [-0.25, -0.2) is 16.8 Å². The van der Waals surface area contributed by atoms with Crippen LogP contribution in [0.1, 0.15) is 16.8 Å². The maximum Gasteiger partial charge on any atom is 0.255 e. The molecule has 0 radical (unpaired) electrons. The molecule has 1 atom stereocenters. The topological polar surface area (TPSA) is 97.4 Å². The number of hydrogen-bond donors (Lipinski definition) is 1. The summed E-state index contributed by atoms with van der Waals surface area (Å²) in [5.41, 5.74) is 0.928. The first-order valence-corrected chi connectivity index (χ1v) is 11.9. The number of carbonyl (C=O) groups is 1. The van der Waals surface area contributed by atoms with Gasteiger partial charge in [0.1, 0.15) is 0 Å². The van der Waals surface area contributed by atoms with Gasteiger partial charge in [0.2, 0.25) is 0 Å². The van der Waals surface area contributed by atoms with Crippen molar-refractivity contribution in [2.75, 3.05) is 16.8 Å². The molecule has 2 aromatic rings. The maximum absolute atomic E-state index is 12.6. The van der Waals surface area contributed by atoms with Crippen molar-refractivity contribution >= 4 is 47.2 Å². The van der Waals surface area contributed by atoms with E-state index in [1.807, 2.05) is 0 Å². The average Bonchev–Trinajstić information content (AvgIpc) is 2.98. The quantitative estimate of drug-likeness (QED) is 0.760. The molecule has 0 aliphatic carbocycles. The molecule has 0 aromatic heterocycles. The minimum atomic E-state index is -3.73. The number of nitrogens with one attached hydrogen (secondary N) is 1. The van der Waals surface area contributed by atoms with Crippen LogP contribution in [0.25, 0.3) is 0 Å².